The Hall–Kier alpha value is -3.35. The normalized spacial score (nSPS) is 8.98. The molecule has 0 atom stereocenters. The minimum Gasteiger partial charge on any atom is -0.427 e. The molecule has 0 spiro atoms. The van der Waals surface area contributed by atoms with E-state index in [4.69, 9.17) is 39.1 Å². The van der Waals surface area contributed by atoms with E-state index in [1.165, 1.54) is 12.3 Å². The summed E-state index contributed by atoms with van der Waals surface area (Å²) in [4.78, 5) is 26.7. The van der Waals surface area contributed by atoms with Gasteiger partial charge in [-0.2, -0.15) is 4.73 Å². The van der Waals surface area contributed by atoms with E-state index in [1.54, 1.807) is 31.3 Å². The molecule has 0 saturated heterocycles. The molecule has 13 nitrogen and oxygen atoms in total. The standard InChI is InChI=1S/C6H7ClN2.C6H8N2O.C6H8N2.C4H6O2.CH5N3.CH4.Cl3OP/c1-4-2-3-5(8)9-6(4)7;1-5-2-3-6(7)8(9)4-5;1-5-2-3-6(7)8-4-5;1-4(2-5)3-6;2-1(3)4;;1-5(2,3)4/h2-3H,1H3,(H2,8,9);2-4,7,9H,1H3;2-4H,1H3,(H2,7,8);2-4H,1H3;(H5,2,3,4);1H4;. The summed E-state index contributed by atoms with van der Waals surface area (Å²) in [6, 6.07) is 10.6. The van der Waals surface area contributed by atoms with Crippen LogP contribution in [0, 0.1) is 37.5 Å². The number of pyridine rings is 3. The molecular formula is C24H38Cl4N9O4P. The summed E-state index contributed by atoms with van der Waals surface area (Å²) in [7, 11) is 0. The molecule has 11 N–H and O–H groups in total. The van der Waals surface area contributed by atoms with E-state index in [9.17, 15) is 14.2 Å². The van der Waals surface area contributed by atoms with E-state index in [0.717, 1.165) is 21.4 Å². The number of aromatic nitrogens is 3. The number of anilines is 2. The number of carbonyl (C=O) groups excluding carboxylic acids is 2. The first-order valence-corrected chi connectivity index (χ1v) is 15.7. The van der Waals surface area contributed by atoms with E-state index < -0.39 is 11.1 Å². The highest BCUT2D eigenvalue weighted by atomic mass is 36.0. The lowest BCUT2D eigenvalue weighted by atomic mass is 10.3. The van der Waals surface area contributed by atoms with Crippen molar-refractivity contribution in [1.29, 1.82) is 10.8 Å². The average molecular weight is 689 g/mol. The SMILES string of the molecule is C.CC(C=O)C=O.Cc1ccc(=N)n(O)c1.Cc1ccc(N)nc1.Cc1ccc(N)nc1Cl.N=C(N)N.O=P(Cl)(Cl)Cl. The van der Waals surface area contributed by atoms with Crippen LogP contribution in [0.1, 0.15) is 31.0 Å². The number of hydrogen-bond donors (Lipinski definition) is 7. The van der Waals surface area contributed by atoms with Crippen molar-refractivity contribution in [2.24, 2.45) is 17.4 Å². The van der Waals surface area contributed by atoms with Crippen LogP contribution in [0.25, 0.3) is 0 Å². The summed E-state index contributed by atoms with van der Waals surface area (Å²) >= 11 is 19.5. The number of nitrogen functional groups attached to an aromatic ring is 2. The number of nitrogens with zero attached hydrogens (tertiary/aromatic N) is 3. The van der Waals surface area contributed by atoms with E-state index in [-0.39, 0.29) is 18.9 Å². The van der Waals surface area contributed by atoms with Crippen LogP contribution in [-0.2, 0) is 14.2 Å². The van der Waals surface area contributed by atoms with E-state index >= 15 is 0 Å². The van der Waals surface area contributed by atoms with Gasteiger partial charge in [-0.3, -0.25) is 15.4 Å². The number of nitrogens with two attached hydrogens (primary N) is 4. The molecule has 3 aromatic heterocycles. The summed E-state index contributed by atoms with van der Waals surface area (Å²) in [5.74, 6) is 0.284. The van der Waals surface area contributed by atoms with Gasteiger partial charge in [0.05, 0.1) is 5.92 Å². The summed E-state index contributed by atoms with van der Waals surface area (Å²) in [5, 5.41) is 19.2. The fraction of sp³-hybridized carbons (Fsp3) is 0.250. The summed E-state index contributed by atoms with van der Waals surface area (Å²) in [5.41, 5.74) is 22.7. The summed E-state index contributed by atoms with van der Waals surface area (Å²) in [6.45, 7) is 7.26. The van der Waals surface area contributed by atoms with Crippen LogP contribution >= 0.6 is 50.5 Å². The number of aryl methyl sites for hydroxylation is 3. The van der Waals surface area contributed by atoms with Crippen molar-refractivity contribution in [3.8, 4) is 0 Å². The maximum absolute atomic E-state index is 9.51. The Labute approximate surface area is 264 Å². The van der Waals surface area contributed by atoms with Crippen molar-refractivity contribution in [2.75, 3.05) is 11.5 Å². The van der Waals surface area contributed by atoms with Gasteiger partial charge in [0.15, 0.2) is 11.4 Å². The number of aldehydes is 2. The van der Waals surface area contributed by atoms with Gasteiger partial charge in [0.2, 0.25) is 0 Å². The van der Waals surface area contributed by atoms with Gasteiger partial charge in [-0.05, 0) is 96.3 Å². The van der Waals surface area contributed by atoms with Gasteiger partial charge in [-0.25, -0.2) is 9.97 Å². The van der Waals surface area contributed by atoms with Gasteiger partial charge in [0.1, 0.15) is 29.4 Å². The predicted octanol–water partition coefficient (Wildman–Crippen LogP) is 5.42. The van der Waals surface area contributed by atoms with E-state index in [0.29, 0.717) is 29.4 Å². The highest BCUT2D eigenvalue weighted by Crippen LogP contribution is 2.61. The summed E-state index contributed by atoms with van der Waals surface area (Å²) in [6.07, 6.45) is 4.44. The van der Waals surface area contributed by atoms with Crippen LogP contribution in [0.2, 0.25) is 5.15 Å². The van der Waals surface area contributed by atoms with Crippen molar-refractivity contribution < 1.29 is 19.4 Å². The number of hydrogen-bond acceptors (Lipinski definition) is 10. The van der Waals surface area contributed by atoms with Crippen molar-refractivity contribution >= 4 is 80.7 Å². The maximum atomic E-state index is 9.51. The zero-order valence-electron chi connectivity index (χ0n) is 22.6. The summed E-state index contributed by atoms with van der Waals surface area (Å²) < 4.78 is 10.3. The molecule has 0 aliphatic carbocycles. The highest BCUT2D eigenvalue weighted by Gasteiger charge is 2.03. The number of guanidine groups is 1. The number of halogens is 4. The predicted molar refractivity (Wildman–Crippen MR) is 173 cm³/mol. The smallest absolute Gasteiger partial charge is 0.339 e. The van der Waals surface area contributed by atoms with Gasteiger partial charge in [0, 0.05) is 12.4 Å². The number of nitrogens with one attached hydrogen (secondary N) is 2. The molecule has 0 saturated carbocycles. The van der Waals surface area contributed by atoms with E-state index in [2.05, 4.69) is 55.2 Å². The third kappa shape index (κ3) is 34.7. The molecule has 0 aliphatic heterocycles. The van der Waals surface area contributed by atoms with Gasteiger partial charge >= 0.3 is 5.20 Å². The topological polar surface area (TPSA) is 254 Å². The second-order valence-electron chi connectivity index (χ2n) is 7.53. The van der Waals surface area contributed by atoms with Crippen LogP contribution in [0.4, 0.5) is 11.6 Å². The molecule has 0 radical (unpaired) electrons. The fourth-order valence-corrected chi connectivity index (χ4v) is 1.78. The van der Waals surface area contributed by atoms with Crippen molar-refractivity contribution in [1.82, 2.24) is 14.7 Å². The molecular weight excluding hydrogens is 651 g/mol. The monoisotopic (exact) mass is 687 g/mol. The first-order chi connectivity index (χ1) is 18.7. The van der Waals surface area contributed by atoms with Crippen LogP contribution in [0.15, 0.2) is 48.8 Å². The molecule has 3 rings (SSSR count). The van der Waals surface area contributed by atoms with Crippen LogP contribution < -0.4 is 28.4 Å². The molecule has 3 heterocycles. The van der Waals surface area contributed by atoms with E-state index in [1.807, 2.05) is 32.9 Å². The minimum absolute atomic E-state index is 0. The average Bonchev–Trinajstić information content (AvgIpc) is 2.85. The van der Waals surface area contributed by atoms with Crippen LogP contribution in [0.3, 0.4) is 0 Å². The van der Waals surface area contributed by atoms with Gasteiger partial charge in [0.25, 0.3) is 0 Å². The van der Waals surface area contributed by atoms with Gasteiger partial charge < -0.3 is 37.7 Å². The molecule has 0 amide bonds. The second kappa shape index (κ2) is 25.4. The molecule has 236 valence electrons. The van der Waals surface area contributed by atoms with Crippen molar-refractivity contribution in [3.05, 3.63) is 76.1 Å². The Balaban J connectivity index is -0.000000210. The number of rotatable bonds is 2. The quantitative estimate of drug-likeness (QED) is 0.0342. The zero-order valence-corrected chi connectivity index (χ0v) is 26.6. The lowest BCUT2D eigenvalue weighted by Crippen LogP contribution is -2.20. The lowest BCUT2D eigenvalue weighted by Gasteiger charge is -1.95. The Morgan fingerprint density at radius 3 is 1.67 bits per heavy atom. The molecule has 0 bridgehead atoms. The first kappa shape index (κ1) is 45.6. The highest BCUT2D eigenvalue weighted by molar-refractivity contribution is 8.24. The molecule has 0 aromatic carbocycles. The molecule has 0 unspecified atom stereocenters. The largest absolute Gasteiger partial charge is 0.427 e. The third-order valence-electron chi connectivity index (χ3n) is 3.50. The van der Waals surface area contributed by atoms with Crippen LogP contribution in [0.5, 0.6) is 0 Å². The fourth-order valence-electron chi connectivity index (χ4n) is 1.62. The molecule has 0 fully saturated rings. The Kier molecular flexibility index (Phi) is 27.6. The van der Waals surface area contributed by atoms with Crippen LogP contribution in [-0.4, -0.2) is 38.4 Å². The Morgan fingerprint density at radius 2 is 1.40 bits per heavy atom. The Morgan fingerprint density at radius 1 is 0.976 bits per heavy atom. The zero-order chi connectivity index (χ0) is 32.8. The van der Waals surface area contributed by atoms with Gasteiger partial charge in [-0.1, -0.05) is 37.2 Å². The third-order valence-corrected chi connectivity index (χ3v) is 3.88. The minimum atomic E-state index is -3.22. The van der Waals surface area contributed by atoms with Crippen molar-refractivity contribution in [2.45, 2.75) is 35.1 Å². The van der Waals surface area contributed by atoms with Gasteiger partial charge in [-0.15, -0.1) is 0 Å². The first-order valence-electron chi connectivity index (χ1n) is 10.9. The molecule has 18 heteroatoms. The second-order valence-corrected chi connectivity index (χ2v) is 14.5. The van der Waals surface area contributed by atoms with Crippen molar-refractivity contribution in [3.63, 3.8) is 0 Å². The molecule has 0 aliphatic rings. The Bertz CT molecular complexity index is 1270. The molecule has 3 aromatic rings. The maximum Gasteiger partial charge on any atom is 0.339 e. The number of carbonyl (C=O) groups is 2. The lowest BCUT2D eigenvalue weighted by molar-refractivity contribution is -0.118. The molecule has 42 heavy (non-hydrogen) atoms.